The molecule has 6 nitrogen and oxygen atoms in total. The number of piperidine rings is 1. The predicted octanol–water partition coefficient (Wildman–Crippen LogP) is 0.320. The Labute approximate surface area is 122 Å². The van der Waals surface area contributed by atoms with Crippen molar-refractivity contribution in [3.8, 4) is 0 Å². The van der Waals surface area contributed by atoms with Crippen LogP contribution in [0.2, 0.25) is 0 Å². The standard InChI is InChI=1S/C13H27N3O3S/c1-3-14-10-12-4-7-16(8-5-12)20(17,18)15-13-6-9-19-11(13)2/h11-15H,3-10H2,1-2H3. The summed E-state index contributed by atoms with van der Waals surface area (Å²) in [6.07, 6.45) is 2.60. The normalized spacial score (nSPS) is 29.9. The van der Waals surface area contributed by atoms with Crippen molar-refractivity contribution in [2.45, 2.75) is 45.3 Å². The van der Waals surface area contributed by atoms with Crippen LogP contribution in [-0.2, 0) is 14.9 Å². The molecule has 0 aromatic carbocycles. The van der Waals surface area contributed by atoms with E-state index in [-0.39, 0.29) is 12.1 Å². The molecule has 20 heavy (non-hydrogen) atoms. The zero-order chi connectivity index (χ0) is 14.6. The number of hydrogen-bond acceptors (Lipinski definition) is 4. The van der Waals surface area contributed by atoms with Crippen molar-refractivity contribution in [1.82, 2.24) is 14.3 Å². The molecule has 7 heteroatoms. The van der Waals surface area contributed by atoms with E-state index < -0.39 is 10.2 Å². The van der Waals surface area contributed by atoms with Gasteiger partial charge in [0.05, 0.1) is 12.1 Å². The third-order valence-electron chi connectivity index (χ3n) is 4.27. The van der Waals surface area contributed by atoms with E-state index in [1.165, 1.54) is 0 Å². The average Bonchev–Trinajstić information content (AvgIpc) is 2.82. The number of nitrogens with one attached hydrogen (secondary N) is 2. The molecule has 2 fully saturated rings. The molecule has 0 radical (unpaired) electrons. The molecule has 2 saturated heterocycles. The fourth-order valence-corrected chi connectivity index (χ4v) is 4.39. The summed E-state index contributed by atoms with van der Waals surface area (Å²) in [5, 5.41) is 3.34. The molecule has 0 aliphatic carbocycles. The lowest BCUT2D eigenvalue weighted by Crippen LogP contribution is -2.50. The lowest BCUT2D eigenvalue weighted by Gasteiger charge is -2.32. The maximum atomic E-state index is 12.4. The van der Waals surface area contributed by atoms with Crippen molar-refractivity contribution in [1.29, 1.82) is 0 Å². The van der Waals surface area contributed by atoms with Gasteiger partial charge in [0.15, 0.2) is 0 Å². The molecule has 0 aromatic rings. The molecule has 0 spiro atoms. The van der Waals surface area contributed by atoms with Crippen molar-refractivity contribution >= 4 is 10.2 Å². The molecule has 2 aliphatic rings. The first kappa shape index (κ1) is 16.2. The minimum atomic E-state index is -3.36. The minimum absolute atomic E-state index is 0.0314. The van der Waals surface area contributed by atoms with E-state index in [0.29, 0.717) is 25.6 Å². The first-order valence-corrected chi connectivity index (χ1v) is 9.06. The topological polar surface area (TPSA) is 70.7 Å². The Hall–Kier alpha value is -0.210. The van der Waals surface area contributed by atoms with Gasteiger partial charge >= 0.3 is 0 Å². The van der Waals surface area contributed by atoms with E-state index in [1.54, 1.807) is 4.31 Å². The van der Waals surface area contributed by atoms with Crippen molar-refractivity contribution in [3.05, 3.63) is 0 Å². The second-order valence-corrected chi connectivity index (χ2v) is 7.45. The molecular weight excluding hydrogens is 278 g/mol. The van der Waals surface area contributed by atoms with Gasteiger partial charge in [-0.15, -0.1) is 0 Å². The minimum Gasteiger partial charge on any atom is -0.377 e. The molecule has 2 aliphatic heterocycles. The highest BCUT2D eigenvalue weighted by Gasteiger charge is 2.33. The van der Waals surface area contributed by atoms with Gasteiger partial charge in [-0.2, -0.15) is 17.4 Å². The molecule has 0 saturated carbocycles. The van der Waals surface area contributed by atoms with E-state index in [9.17, 15) is 8.42 Å². The van der Waals surface area contributed by atoms with Crippen LogP contribution in [0.1, 0.15) is 33.1 Å². The maximum Gasteiger partial charge on any atom is 0.279 e. The van der Waals surface area contributed by atoms with Crippen LogP contribution >= 0.6 is 0 Å². The number of hydrogen-bond donors (Lipinski definition) is 2. The van der Waals surface area contributed by atoms with Crippen LogP contribution < -0.4 is 10.0 Å². The van der Waals surface area contributed by atoms with Gasteiger partial charge in [-0.1, -0.05) is 6.92 Å². The van der Waals surface area contributed by atoms with Crippen molar-refractivity contribution in [2.75, 3.05) is 32.8 Å². The molecule has 0 amide bonds. The summed E-state index contributed by atoms with van der Waals surface area (Å²) >= 11 is 0. The van der Waals surface area contributed by atoms with E-state index in [2.05, 4.69) is 17.0 Å². The zero-order valence-corrected chi connectivity index (χ0v) is 13.3. The van der Waals surface area contributed by atoms with Crippen LogP contribution in [0.15, 0.2) is 0 Å². The second-order valence-electron chi connectivity index (χ2n) is 5.74. The Kier molecular flexibility index (Phi) is 5.80. The van der Waals surface area contributed by atoms with Crippen LogP contribution in [0, 0.1) is 5.92 Å². The highest BCUT2D eigenvalue weighted by Crippen LogP contribution is 2.20. The van der Waals surface area contributed by atoms with Gasteiger partial charge in [0, 0.05) is 19.7 Å². The largest absolute Gasteiger partial charge is 0.377 e. The van der Waals surface area contributed by atoms with Crippen LogP contribution in [0.3, 0.4) is 0 Å². The summed E-state index contributed by atoms with van der Waals surface area (Å²) < 4.78 is 34.5. The maximum absolute atomic E-state index is 12.4. The first-order chi connectivity index (χ1) is 9.53. The summed E-state index contributed by atoms with van der Waals surface area (Å²) in [5.41, 5.74) is 0. The summed E-state index contributed by atoms with van der Waals surface area (Å²) in [6, 6.07) is -0.0838. The highest BCUT2D eigenvalue weighted by atomic mass is 32.2. The highest BCUT2D eigenvalue weighted by molar-refractivity contribution is 7.87. The van der Waals surface area contributed by atoms with Gasteiger partial charge in [-0.3, -0.25) is 0 Å². The second kappa shape index (κ2) is 7.17. The van der Waals surface area contributed by atoms with Gasteiger partial charge in [-0.05, 0) is 45.2 Å². The van der Waals surface area contributed by atoms with Gasteiger partial charge < -0.3 is 10.1 Å². The molecule has 0 aromatic heterocycles. The summed E-state index contributed by atoms with van der Waals surface area (Å²) in [6.45, 7) is 7.85. The van der Waals surface area contributed by atoms with Crippen molar-refractivity contribution < 1.29 is 13.2 Å². The Morgan fingerprint density at radius 1 is 1.25 bits per heavy atom. The Balaban J connectivity index is 1.82. The summed E-state index contributed by atoms with van der Waals surface area (Å²) in [5.74, 6) is 0.593. The number of rotatable bonds is 6. The predicted molar refractivity (Wildman–Crippen MR) is 78.7 cm³/mol. The zero-order valence-electron chi connectivity index (χ0n) is 12.5. The van der Waals surface area contributed by atoms with Gasteiger partial charge in [0.2, 0.25) is 0 Å². The SMILES string of the molecule is CCNCC1CCN(S(=O)(=O)NC2CCOC2C)CC1. The van der Waals surface area contributed by atoms with Gasteiger partial charge in [0.1, 0.15) is 0 Å². The molecule has 2 heterocycles. The Morgan fingerprint density at radius 3 is 2.50 bits per heavy atom. The van der Waals surface area contributed by atoms with E-state index >= 15 is 0 Å². The van der Waals surface area contributed by atoms with Gasteiger partial charge in [-0.25, -0.2) is 0 Å². The molecular formula is C13H27N3O3S. The number of ether oxygens (including phenoxy) is 1. The Morgan fingerprint density at radius 2 is 1.95 bits per heavy atom. The molecule has 118 valence electrons. The summed E-state index contributed by atoms with van der Waals surface area (Å²) in [7, 11) is -3.36. The first-order valence-electron chi connectivity index (χ1n) is 7.62. The van der Waals surface area contributed by atoms with Crippen molar-refractivity contribution in [3.63, 3.8) is 0 Å². The quantitative estimate of drug-likeness (QED) is 0.741. The van der Waals surface area contributed by atoms with Crippen molar-refractivity contribution in [2.24, 2.45) is 5.92 Å². The smallest absolute Gasteiger partial charge is 0.279 e. The van der Waals surface area contributed by atoms with E-state index in [0.717, 1.165) is 32.4 Å². The lowest BCUT2D eigenvalue weighted by atomic mass is 9.98. The molecule has 2 unspecified atom stereocenters. The molecule has 2 rings (SSSR count). The molecule has 0 bridgehead atoms. The van der Waals surface area contributed by atoms with Crippen LogP contribution in [0.25, 0.3) is 0 Å². The van der Waals surface area contributed by atoms with Crippen LogP contribution in [-0.4, -0.2) is 57.7 Å². The monoisotopic (exact) mass is 305 g/mol. The molecule has 2 N–H and O–H groups in total. The number of nitrogens with zero attached hydrogens (tertiary/aromatic N) is 1. The lowest BCUT2D eigenvalue weighted by molar-refractivity contribution is 0.116. The summed E-state index contributed by atoms with van der Waals surface area (Å²) in [4.78, 5) is 0. The van der Waals surface area contributed by atoms with Crippen LogP contribution in [0.4, 0.5) is 0 Å². The third-order valence-corrected chi connectivity index (χ3v) is 5.92. The average molecular weight is 305 g/mol. The van der Waals surface area contributed by atoms with Crippen LogP contribution in [0.5, 0.6) is 0 Å². The Bertz CT molecular complexity index is 394. The fourth-order valence-electron chi connectivity index (χ4n) is 2.85. The molecule has 2 atom stereocenters. The van der Waals surface area contributed by atoms with Gasteiger partial charge in [0.25, 0.3) is 10.2 Å². The fraction of sp³-hybridized carbons (Fsp3) is 1.00. The third kappa shape index (κ3) is 4.14. The van der Waals surface area contributed by atoms with E-state index in [4.69, 9.17) is 4.74 Å². The van der Waals surface area contributed by atoms with E-state index in [1.807, 2.05) is 6.92 Å².